The third-order valence-electron chi connectivity index (χ3n) is 6.98. The van der Waals surface area contributed by atoms with Crippen LogP contribution in [-0.2, 0) is 22.3 Å². The van der Waals surface area contributed by atoms with Crippen LogP contribution in [0.25, 0.3) is 0 Å². The Morgan fingerprint density at radius 2 is 1.58 bits per heavy atom. The maximum absolute atomic E-state index is 13.6. The summed E-state index contributed by atoms with van der Waals surface area (Å²) in [5, 5.41) is 5.66. The molecule has 2 aromatic carbocycles. The summed E-state index contributed by atoms with van der Waals surface area (Å²) >= 11 is 0. The predicted molar refractivity (Wildman–Crippen MR) is 156 cm³/mol. The molecule has 0 bridgehead atoms. The standard InChI is InChI=1S/C31H34F3N5O6/c1-29(2,3)45-28(42)39-13-11-30(12-14-39,38-26(40)21-17-35-19-36-18-21)27(41)37-16-20-5-7-22(8-6-20)44-25-10-9-23(43-4)15-24(25)31(32,33)34/h5-10,15,17-19H,11-14,16H2,1-4H3,(H,37,41)(H,38,40). The number of carbonyl (C=O) groups excluding carboxylic acids is 3. The van der Waals surface area contributed by atoms with Crippen LogP contribution in [0.3, 0.4) is 0 Å². The number of methoxy groups -OCH3 is 1. The van der Waals surface area contributed by atoms with E-state index in [9.17, 15) is 27.6 Å². The van der Waals surface area contributed by atoms with Crippen molar-refractivity contribution in [1.82, 2.24) is 25.5 Å². The van der Waals surface area contributed by atoms with E-state index in [1.807, 2.05) is 0 Å². The molecule has 3 aromatic rings. The van der Waals surface area contributed by atoms with Gasteiger partial charge in [0.25, 0.3) is 5.91 Å². The normalized spacial score (nSPS) is 14.7. The average molecular weight is 630 g/mol. The number of hydrogen-bond donors (Lipinski definition) is 2. The molecule has 1 aromatic heterocycles. The van der Waals surface area contributed by atoms with Gasteiger partial charge in [-0.25, -0.2) is 14.8 Å². The van der Waals surface area contributed by atoms with Gasteiger partial charge in [0.1, 0.15) is 40.3 Å². The van der Waals surface area contributed by atoms with E-state index in [-0.39, 0.29) is 55.3 Å². The summed E-state index contributed by atoms with van der Waals surface area (Å²) in [4.78, 5) is 48.5. The number of nitrogens with one attached hydrogen (secondary N) is 2. The number of aromatic nitrogens is 2. The Bertz CT molecular complexity index is 1500. The number of alkyl halides is 3. The van der Waals surface area contributed by atoms with Crippen LogP contribution >= 0.6 is 0 Å². The minimum atomic E-state index is -4.66. The molecule has 1 aliphatic heterocycles. The van der Waals surface area contributed by atoms with Crippen molar-refractivity contribution in [3.63, 3.8) is 0 Å². The largest absolute Gasteiger partial charge is 0.497 e. The number of carbonyl (C=O) groups is 3. The summed E-state index contributed by atoms with van der Waals surface area (Å²) in [7, 11) is 1.27. The topological polar surface area (TPSA) is 132 Å². The fraction of sp³-hybridized carbons (Fsp3) is 0.387. The van der Waals surface area contributed by atoms with Crippen molar-refractivity contribution in [2.45, 2.75) is 57.5 Å². The van der Waals surface area contributed by atoms with Gasteiger partial charge in [-0.1, -0.05) is 12.1 Å². The van der Waals surface area contributed by atoms with Gasteiger partial charge >= 0.3 is 12.3 Å². The Hall–Kier alpha value is -4.88. The lowest BCUT2D eigenvalue weighted by Gasteiger charge is -2.41. The number of nitrogens with zero attached hydrogens (tertiary/aromatic N) is 3. The summed E-state index contributed by atoms with van der Waals surface area (Å²) in [5.74, 6) is -1.20. The van der Waals surface area contributed by atoms with E-state index in [0.29, 0.717) is 5.56 Å². The molecule has 4 rings (SSSR count). The highest BCUT2D eigenvalue weighted by molar-refractivity contribution is 5.99. The molecular weight excluding hydrogens is 595 g/mol. The highest BCUT2D eigenvalue weighted by atomic mass is 19.4. The summed E-state index contributed by atoms with van der Waals surface area (Å²) in [6, 6.07) is 9.58. The van der Waals surface area contributed by atoms with Gasteiger partial charge in [0, 0.05) is 32.0 Å². The molecule has 0 radical (unpaired) electrons. The molecular formula is C31H34F3N5O6. The van der Waals surface area contributed by atoms with Crippen molar-refractivity contribution in [2.24, 2.45) is 0 Å². The SMILES string of the molecule is COc1ccc(Oc2ccc(CNC(=O)C3(NC(=O)c4cncnc4)CCN(C(=O)OC(C)(C)C)CC3)cc2)c(C(F)(F)F)c1. The molecule has 0 aliphatic carbocycles. The number of benzene rings is 2. The van der Waals surface area contributed by atoms with Crippen LogP contribution in [0.15, 0.2) is 61.2 Å². The van der Waals surface area contributed by atoms with Crippen LogP contribution in [0.1, 0.15) is 55.1 Å². The van der Waals surface area contributed by atoms with E-state index < -0.39 is 40.8 Å². The van der Waals surface area contributed by atoms with Crippen LogP contribution in [0.4, 0.5) is 18.0 Å². The van der Waals surface area contributed by atoms with E-state index in [1.165, 1.54) is 55.0 Å². The summed E-state index contributed by atoms with van der Waals surface area (Å²) in [5.41, 5.74) is -2.23. The zero-order chi connectivity index (χ0) is 32.8. The lowest BCUT2D eigenvalue weighted by Crippen LogP contribution is -2.63. The second kappa shape index (κ2) is 13.4. The van der Waals surface area contributed by atoms with Crippen LogP contribution < -0.4 is 20.1 Å². The quantitative estimate of drug-likeness (QED) is 0.352. The molecule has 0 unspecified atom stereocenters. The average Bonchev–Trinajstić information content (AvgIpc) is 3.00. The lowest BCUT2D eigenvalue weighted by molar-refractivity contribution is -0.138. The fourth-order valence-corrected chi connectivity index (χ4v) is 4.61. The Morgan fingerprint density at radius 1 is 0.956 bits per heavy atom. The van der Waals surface area contributed by atoms with Gasteiger partial charge < -0.3 is 29.7 Å². The van der Waals surface area contributed by atoms with E-state index >= 15 is 0 Å². The van der Waals surface area contributed by atoms with E-state index in [0.717, 1.165) is 6.07 Å². The second-order valence-corrected chi connectivity index (χ2v) is 11.4. The van der Waals surface area contributed by atoms with Crippen LogP contribution in [-0.4, -0.2) is 64.1 Å². The molecule has 45 heavy (non-hydrogen) atoms. The molecule has 1 fully saturated rings. The highest BCUT2D eigenvalue weighted by Gasteiger charge is 2.44. The van der Waals surface area contributed by atoms with Gasteiger partial charge in [0.05, 0.1) is 12.7 Å². The highest BCUT2D eigenvalue weighted by Crippen LogP contribution is 2.40. The molecule has 1 saturated heterocycles. The van der Waals surface area contributed by atoms with E-state index in [1.54, 1.807) is 32.9 Å². The van der Waals surface area contributed by atoms with Crippen molar-refractivity contribution in [3.05, 3.63) is 77.9 Å². The third kappa shape index (κ3) is 8.61. The first-order valence-electron chi connectivity index (χ1n) is 14.0. The second-order valence-electron chi connectivity index (χ2n) is 11.4. The number of hydrogen-bond acceptors (Lipinski definition) is 8. The van der Waals surface area contributed by atoms with Crippen molar-refractivity contribution in [2.75, 3.05) is 20.2 Å². The predicted octanol–water partition coefficient (Wildman–Crippen LogP) is 5.11. The first-order valence-corrected chi connectivity index (χ1v) is 14.0. The van der Waals surface area contributed by atoms with Gasteiger partial charge in [0.2, 0.25) is 5.91 Å². The van der Waals surface area contributed by atoms with E-state index in [4.69, 9.17) is 14.2 Å². The van der Waals surface area contributed by atoms with Crippen LogP contribution in [0.5, 0.6) is 17.2 Å². The monoisotopic (exact) mass is 629 g/mol. The molecule has 0 saturated carbocycles. The van der Waals surface area contributed by atoms with E-state index in [2.05, 4.69) is 20.6 Å². The molecule has 2 N–H and O–H groups in total. The number of likely N-dealkylation sites (tertiary alicyclic amines) is 1. The van der Waals surface area contributed by atoms with Crippen molar-refractivity contribution >= 4 is 17.9 Å². The first-order chi connectivity index (χ1) is 21.2. The van der Waals surface area contributed by atoms with Crippen molar-refractivity contribution < 1.29 is 41.8 Å². The van der Waals surface area contributed by atoms with Crippen LogP contribution in [0.2, 0.25) is 0 Å². The lowest BCUT2D eigenvalue weighted by atomic mass is 9.86. The molecule has 14 heteroatoms. The van der Waals surface area contributed by atoms with Gasteiger partial charge in [-0.05, 0) is 69.5 Å². The van der Waals surface area contributed by atoms with Crippen molar-refractivity contribution in [3.8, 4) is 17.2 Å². The smallest absolute Gasteiger partial charge is 0.420 e. The Morgan fingerprint density at radius 3 is 2.16 bits per heavy atom. The Kier molecular flexibility index (Phi) is 9.84. The summed E-state index contributed by atoms with van der Waals surface area (Å²) in [6.07, 6.45) is -0.995. The van der Waals surface area contributed by atoms with Crippen molar-refractivity contribution in [1.29, 1.82) is 0 Å². The number of amides is 3. The third-order valence-corrected chi connectivity index (χ3v) is 6.98. The van der Waals surface area contributed by atoms with Crippen LogP contribution in [0, 0.1) is 0 Å². The molecule has 11 nitrogen and oxygen atoms in total. The molecule has 1 aliphatic rings. The van der Waals surface area contributed by atoms with Gasteiger partial charge in [0.15, 0.2) is 0 Å². The minimum absolute atomic E-state index is 0.0438. The number of halogens is 3. The number of piperidine rings is 1. The molecule has 2 heterocycles. The fourth-order valence-electron chi connectivity index (χ4n) is 4.61. The zero-order valence-corrected chi connectivity index (χ0v) is 25.2. The van der Waals surface area contributed by atoms with Gasteiger partial charge in [-0.2, -0.15) is 13.2 Å². The minimum Gasteiger partial charge on any atom is -0.497 e. The van der Waals surface area contributed by atoms with Gasteiger partial charge in [-0.15, -0.1) is 0 Å². The number of rotatable bonds is 8. The Balaban J connectivity index is 1.45. The summed E-state index contributed by atoms with van der Waals surface area (Å²) < 4.78 is 56.5. The Labute approximate surface area is 258 Å². The zero-order valence-electron chi connectivity index (χ0n) is 25.2. The maximum Gasteiger partial charge on any atom is 0.420 e. The molecule has 240 valence electrons. The molecule has 0 spiro atoms. The number of ether oxygens (including phenoxy) is 3. The first kappa shape index (κ1) is 33.0. The maximum atomic E-state index is 13.6. The van der Waals surface area contributed by atoms with Gasteiger partial charge in [-0.3, -0.25) is 9.59 Å². The molecule has 0 atom stereocenters. The molecule has 3 amide bonds. The summed E-state index contributed by atoms with van der Waals surface area (Å²) in [6.45, 7) is 5.64.